The number of halogens is 1. The molecule has 0 aromatic heterocycles. The van der Waals surface area contributed by atoms with Crippen molar-refractivity contribution in [3.8, 4) is 0 Å². The molecule has 2 nitrogen and oxygen atoms in total. The fourth-order valence-electron chi connectivity index (χ4n) is 3.01. The molecule has 2 fully saturated rings. The van der Waals surface area contributed by atoms with Gasteiger partial charge in [-0.15, -0.1) is 0 Å². The first kappa shape index (κ1) is 10.9. The second-order valence-electron chi connectivity index (χ2n) is 5.24. The van der Waals surface area contributed by atoms with E-state index in [1.165, 1.54) is 12.1 Å². The van der Waals surface area contributed by atoms with Crippen LogP contribution in [0.3, 0.4) is 0 Å². The van der Waals surface area contributed by atoms with Gasteiger partial charge in [-0.05, 0) is 62.0 Å². The highest BCUT2D eigenvalue weighted by molar-refractivity contribution is 6.00. The number of hydrogen-bond donors (Lipinski definition) is 1. The van der Waals surface area contributed by atoms with E-state index in [1.54, 1.807) is 12.1 Å². The number of benzene rings is 1. The molecule has 1 unspecified atom stereocenters. The molecule has 1 aromatic rings. The Hall–Kier alpha value is -1.22. The first-order valence-electron chi connectivity index (χ1n) is 6.22. The molecule has 17 heavy (non-hydrogen) atoms. The summed E-state index contributed by atoms with van der Waals surface area (Å²) >= 11 is 0. The predicted molar refractivity (Wildman–Crippen MR) is 63.4 cm³/mol. The number of Topliss-reactive ketones (excluding diaryl/α,β-unsaturated/α-hetero) is 1. The van der Waals surface area contributed by atoms with Crippen molar-refractivity contribution in [3.05, 3.63) is 35.6 Å². The third-order valence-electron chi connectivity index (χ3n) is 4.23. The van der Waals surface area contributed by atoms with E-state index in [0.29, 0.717) is 5.56 Å². The molecule has 0 amide bonds. The van der Waals surface area contributed by atoms with Crippen molar-refractivity contribution < 1.29 is 9.18 Å². The van der Waals surface area contributed by atoms with E-state index in [4.69, 9.17) is 0 Å². The summed E-state index contributed by atoms with van der Waals surface area (Å²) in [5.41, 5.74) is 0.920. The highest BCUT2D eigenvalue weighted by atomic mass is 19.1. The quantitative estimate of drug-likeness (QED) is 0.795. The van der Waals surface area contributed by atoms with E-state index in [9.17, 15) is 9.18 Å². The van der Waals surface area contributed by atoms with Crippen molar-refractivity contribution in [2.24, 2.45) is 11.3 Å². The number of nitrogens with one attached hydrogen (secondary N) is 1. The Labute approximate surface area is 100 Å². The summed E-state index contributed by atoms with van der Waals surface area (Å²) in [5, 5.41) is 3.33. The van der Waals surface area contributed by atoms with Crippen LogP contribution in [0, 0.1) is 17.2 Å². The Kier molecular flexibility index (Phi) is 2.51. The van der Waals surface area contributed by atoms with Crippen LogP contribution >= 0.6 is 0 Å². The molecule has 3 rings (SSSR count). The summed E-state index contributed by atoms with van der Waals surface area (Å²) in [4.78, 5) is 12.2. The molecule has 1 atom stereocenters. The van der Waals surface area contributed by atoms with E-state index in [-0.39, 0.29) is 22.9 Å². The average molecular weight is 233 g/mol. The van der Waals surface area contributed by atoms with E-state index in [0.717, 1.165) is 32.4 Å². The zero-order valence-corrected chi connectivity index (χ0v) is 9.71. The van der Waals surface area contributed by atoms with Crippen molar-refractivity contribution in [2.45, 2.75) is 19.3 Å². The van der Waals surface area contributed by atoms with Gasteiger partial charge < -0.3 is 5.32 Å². The largest absolute Gasteiger partial charge is 0.317 e. The van der Waals surface area contributed by atoms with Gasteiger partial charge in [-0.25, -0.2) is 4.39 Å². The first-order chi connectivity index (χ1) is 8.21. The minimum Gasteiger partial charge on any atom is -0.317 e. The third-order valence-corrected chi connectivity index (χ3v) is 4.23. The lowest BCUT2D eigenvalue weighted by molar-refractivity contribution is 0.0940. The van der Waals surface area contributed by atoms with E-state index in [2.05, 4.69) is 5.32 Å². The van der Waals surface area contributed by atoms with E-state index < -0.39 is 0 Å². The molecule has 90 valence electrons. The van der Waals surface area contributed by atoms with Gasteiger partial charge in [-0.2, -0.15) is 0 Å². The molecule has 1 saturated carbocycles. The van der Waals surface area contributed by atoms with Crippen LogP contribution in [-0.4, -0.2) is 18.9 Å². The number of piperidine rings is 1. The van der Waals surface area contributed by atoms with Crippen LogP contribution in [0.1, 0.15) is 29.6 Å². The molecule has 1 aromatic carbocycles. The lowest BCUT2D eigenvalue weighted by atomic mass is 9.89. The molecule has 0 radical (unpaired) electrons. The standard InChI is InChI=1S/C14H16FNO/c15-11-3-1-10(2-4-11)13(17)12-9-14(12)5-7-16-8-6-14/h1-4,12,16H,5-9H2. The van der Waals surface area contributed by atoms with Gasteiger partial charge in [0.2, 0.25) is 0 Å². The summed E-state index contributed by atoms with van der Waals surface area (Å²) < 4.78 is 12.8. The van der Waals surface area contributed by atoms with Crippen LogP contribution in [0.15, 0.2) is 24.3 Å². The highest BCUT2D eigenvalue weighted by Gasteiger charge is 2.57. The van der Waals surface area contributed by atoms with Crippen LogP contribution in [-0.2, 0) is 0 Å². The first-order valence-corrected chi connectivity index (χ1v) is 6.22. The second-order valence-corrected chi connectivity index (χ2v) is 5.24. The minimum absolute atomic E-state index is 0.176. The van der Waals surface area contributed by atoms with Crippen LogP contribution in [0.2, 0.25) is 0 Å². The van der Waals surface area contributed by atoms with Crippen molar-refractivity contribution in [1.82, 2.24) is 5.32 Å². The van der Waals surface area contributed by atoms with E-state index in [1.807, 2.05) is 0 Å². The Morgan fingerprint density at radius 3 is 2.53 bits per heavy atom. The summed E-state index contributed by atoms with van der Waals surface area (Å²) in [6.07, 6.45) is 3.22. The summed E-state index contributed by atoms with van der Waals surface area (Å²) in [7, 11) is 0. The van der Waals surface area contributed by atoms with Crippen molar-refractivity contribution in [1.29, 1.82) is 0 Å². The SMILES string of the molecule is O=C(c1ccc(F)cc1)C1CC12CCNCC2. The van der Waals surface area contributed by atoms with Crippen LogP contribution in [0.5, 0.6) is 0 Å². The Bertz CT molecular complexity index is 434. The van der Waals surface area contributed by atoms with Gasteiger partial charge in [0, 0.05) is 11.5 Å². The number of carbonyl (C=O) groups is 1. The molecule has 1 spiro atoms. The summed E-state index contributed by atoms with van der Waals surface area (Å²) in [5.74, 6) is 0.0934. The van der Waals surface area contributed by atoms with Gasteiger partial charge in [0.15, 0.2) is 5.78 Å². The predicted octanol–water partition coefficient (Wildman–Crippen LogP) is 2.40. The molecule has 3 heteroatoms. The molecule has 2 aliphatic rings. The van der Waals surface area contributed by atoms with Crippen LogP contribution in [0.25, 0.3) is 0 Å². The normalized spacial score (nSPS) is 25.8. The molecular formula is C14H16FNO. The molecule has 1 N–H and O–H groups in total. The maximum absolute atomic E-state index is 12.8. The minimum atomic E-state index is -0.283. The van der Waals surface area contributed by atoms with Crippen LogP contribution in [0.4, 0.5) is 4.39 Å². The van der Waals surface area contributed by atoms with Crippen molar-refractivity contribution >= 4 is 5.78 Å². The smallest absolute Gasteiger partial charge is 0.166 e. The lowest BCUT2D eigenvalue weighted by Crippen LogP contribution is -2.30. The third kappa shape index (κ3) is 1.89. The molecule has 1 aliphatic heterocycles. The maximum atomic E-state index is 12.8. The van der Waals surface area contributed by atoms with Crippen LogP contribution < -0.4 is 5.32 Å². The molecule has 1 aliphatic carbocycles. The monoisotopic (exact) mass is 233 g/mol. The number of rotatable bonds is 2. The van der Waals surface area contributed by atoms with E-state index >= 15 is 0 Å². The second kappa shape index (κ2) is 3.91. The number of hydrogen-bond acceptors (Lipinski definition) is 2. The Morgan fingerprint density at radius 2 is 1.88 bits per heavy atom. The lowest BCUT2D eigenvalue weighted by Gasteiger charge is -2.23. The fourth-order valence-corrected chi connectivity index (χ4v) is 3.01. The molecular weight excluding hydrogens is 217 g/mol. The van der Waals surface area contributed by atoms with Gasteiger partial charge in [-0.3, -0.25) is 4.79 Å². The fraction of sp³-hybridized carbons (Fsp3) is 0.500. The summed E-state index contributed by atoms with van der Waals surface area (Å²) in [6, 6.07) is 5.94. The van der Waals surface area contributed by atoms with Crippen molar-refractivity contribution in [2.75, 3.05) is 13.1 Å². The molecule has 0 bridgehead atoms. The molecule has 1 saturated heterocycles. The highest BCUT2D eigenvalue weighted by Crippen LogP contribution is 2.59. The number of carbonyl (C=O) groups excluding carboxylic acids is 1. The zero-order valence-electron chi connectivity index (χ0n) is 9.71. The van der Waals surface area contributed by atoms with Gasteiger partial charge >= 0.3 is 0 Å². The van der Waals surface area contributed by atoms with Crippen molar-refractivity contribution in [3.63, 3.8) is 0 Å². The molecule has 1 heterocycles. The summed E-state index contributed by atoms with van der Waals surface area (Å²) in [6.45, 7) is 2.04. The maximum Gasteiger partial charge on any atom is 0.166 e. The number of ketones is 1. The Morgan fingerprint density at radius 1 is 1.24 bits per heavy atom. The van der Waals surface area contributed by atoms with Gasteiger partial charge in [0.25, 0.3) is 0 Å². The Balaban J connectivity index is 1.74. The van der Waals surface area contributed by atoms with Gasteiger partial charge in [-0.1, -0.05) is 0 Å². The topological polar surface area (TPSA) is 29.1 Å². The zero-order chi connectivity index (χ0) is 11.9. The average Bonchev–Trinajstić information content (AvgIpc) is 3.04. The van der Waals surface area contributed by atoms with Gasteiger partial charge in [0.1, 0.15) is 5.82 Å². The van der Waals surface area contributed by atoms with Gasteiger partial charge in [0.05, 0.1) is 0 Å².